The number of fused-ring (bicyclic) bond motifs is 5. The molecule has 270 valence electrons. The Morgan fingerprint density at radius 3 is 1.12 bits per heavy atom. The van der Waals surface area contributed by atoms with Gasteiger partial charge in [0.25, 0.3) is 0 Å². The van der Waals surface area contributed by atoms with E-state index in [0.29, 0.717) is 0 Å². The van der Waals surface area contributed by atoms with Gasteiger partial charge in [-0.2, -0.15) is 0 Å². The van der Waals surface area contributed by atoms with Crippen LogP contribution in [0.4, 0.5) is 0 Å². The zero-order valence-electron chi connectivity index (χ0n) is 31.4. The SMILES string of the molecule is c1ccc(-c2cccc(-c3ccc4ccc(-c5ccc6ccc(-c7ccc(-c8ccc9ccc%10ccc(-c%11ccccc%11)nc%10c9n8)cc7)nc6c5)nc4c3)c2)cc1. The Kier molecular flexibility index (Phi) is 8.11. The van der Waals surface area contributed by atoms with Gasteiger partial charge in [0.2, 0.25) is 0 Å². The van der Waals surface area contributed by atoms with Crippen LogP contribution in [0.25, 0.3) is 111 Å². The molecular weight excluding hydrogens is 705 g/mol. The van der Waals surface area contributed by atoms with Crippen LogP contribution in [0.1, 0.15) is 0 Å². The Hall–Kier alpha value is -7.82. The van der Waals surface area contributed by atoms with Gasteiger partial charge in [0.1, 0.15) is 0 Å². The molecule has 0 saturated carbocycles. The third kappa shape index (κ3) is 6.23. The van der Waals surface area contributed by atoms with Gasteiger partial charge in [-0.05, 0) is 64.7 Å². The van der Waals surface area contributed by atoms with Gasteiger partial charge in [0, 0.05) is 43.8 Å². The second kappa shape index (κ2) is 14.0. The van der Waals surface area contributed by atoms with Gasteiger partial charge in [-0.25, -0.2) is 19.9 Å². The molecule has 4 heteroatoms. The summed E-state index contributed by atoms with van der Waals surface area (Å²) in [6.07, 6.45) is 0. The van der Waals surface area contributed by atoms with Crippen molar-refractivity contribution in [3.63, 3.8) is 0 Å². The van der Waals surface area contributed by atoms with Gasteiger partial charge in [0.15, 0.2) is 0 Å². The number of rotatable bonds is 6. The quantitative estimate of drug-likeness (QED) is 0.159. The van der Waals surface area contributed by atoms with Crippen molar-refractivity contribution < 1.29 is 0 Å². The summed E-state index contributed by atoms with van der Waals surface area (Å²) in [4.78, 5) is 20.5. The average molecular weight is 739 g/mol. The molecule has 0 spiro atoms. The van der Waals surface area contributed by atoms with E-state index in [1.165, 1.54) is 16.7 Å². The highest BCUT2D eigenvalue weighted by molar-refractivity contribution is 6.04. The van der Waals surface area contributed by atoms with Gasteiger partial charge >= 0.3 is 0 Å². The Bertz CT molecular complexity index is 3320. The second-order valence-electron chi connectivity index (χ2n) is 14.7. The molecule has 4 heterocycles. The van der Waals surface area contributed by atoms with Gasteiger partial charge in [-0.3, -0.25) is 0 Å². The smallest absolute Gasteiger partial charge is 0.0972 e. The molecule has 0 amide bonds. The topological polar surface area (TPSA) is 51.6 Å². The van der Waals surface area contributed by atoms with E-state index >= 15 is 0 Å². The summed E-state index contributed by atoms with van der Waals surface area (Å²) in [6.45, 7) is 0. The molecule has 58 heavy (non-hydrogen) atoms. The van der Waals surface area contributed by atoms with Crippen molar-refractivity contribution in [2.75, 3.05) is 0 Å². The number of benzene rings is 7. The normalized spacial score (nSPS) is 11.4. The summed E-state index contributed by atoms with van der Waals surface area (Å²) in [7, 11) is 0. The Balaban J connectivity index is 0.887. The number of aromatic nitrogens is 4. The molecule has 0 aliphatic heterocycles. The third-order valence-corrected chi connectivity index (χ3v) is 11.0. The van der Waals surface area contributed by atoms with Crippen LogP contribution in [-0.4, -0.2) is 19.9 Å². The Morgan fingerprint density at radius 2 is 0.552 bits per heavy atom. The monoisotopic (exact) mass is 738 g/mol. The standard InChI is InChI=1S/C54H34N4/c1-3-8-35(9-4-1)43-12-7-13-44(32-43)45-22-18-39-25-29-50(56-51(39)33-45)46-23-19-40-24-28-47(55-52(40)34-46)37-14-16-38(17-15-37)49-31-27-42-21-20-41-26-30-48(36-10-5-2-6-11-36)57-53(41)54(42)58-49/h1-34H. The number of pyridine rings is 4. The van der Waals surface area contributed by atoms with Crippen molar-refractivity contribution in [1.29, 1.82) is 0 Å². The molecule has 0 radical (unpaired) electrons. The van der Waals surface area contributed by atoms with Crippen LogP contribution in [-0.2, 0) is 0 Å². The predicted molar refractivity (Wildman–Crippen MR) is 240 cm³/mol. The first-order chi connectivity index (χ1) is 28.7. The van der Waals surface area contributed by atoms with Crippen molar-refractivity contribution in [3.05, 3.63) is 206 Å². The molecule has 0 aliphatic carbocycles. The molecule has 0 aliphatic rings. The molecule has 0 fully saturated rings. The van der Waals surface area contributed by atoms with Crippen LogP contribution in [0.3, 0.4) is 0 Å². The lowest BCUT2D eigenvalue weighted by molar-refractivity contribution is 1.36. The highest BCUT2D eigenvalue weighted by Gasteiger charge is 2.11. The molecule has 11 rings (SSSR count). The summed E-state index contributed by atoms with van der Waals surface area (Å²) in [5.74, 6) is 0. The fourth-order valence-electron chi connectivity index (χ4n) is 7.91. The second-order valence-corrected chi connectivity index (χ2v) is 14.7. The lowest BCUT2D eigenvalue weighted by Gasteiger charge is -2.10. The summed E-state index contributed by atoms with van der Waals surface area (Å²) in [6, 6.07) is 72.2. The molecular formula is C54H34N4. The highest BCUT2D eigenvalue weighted by Crippen LogP contribution is 2.33. The average Bonchev–Trinajstić information content (AvgIpc) is 3.31. The predicted octanol–water partition coefficient (Wildman–Crippen LogP) is 13.9. The molecule has 0 atom stereocenters. The largest absolute Gasteiger partial charge is 0.248 e. The van der Waals surface area contributed by atoms with E-state index in [4.69, 9.17) is 19.9 Å². The van der Waals surface area contributed by atoms with E-state index in [1.54, 1.807) is 0 Å². The van der Waals surface area contributed by atoms with Crippen LogP contribution >= 0.6 is 0 Å². The zero-order valence-corrected chi connectivity index (χ0v) is 31.4. The van der Waals surface area contributed by atoms with E-state index in [-0.39, 0.29) is 0 Å². The number of hydrogen-bond donors (Lipinski definition) is 0. The molecule has 0 N–H and O–H groups in total. The lowest BCUT2D eigenvalue weighted by Crippen LogP contribution is -1.91. The van der Waals surface area contributed by atoms with Crippen LogP contribution in [0.15, 0.2) is 206 Å². The first-order valence-electron chi connectivity index (χ1n) is 19.5. The van der Waals surface area contributed by atoms with Crippen LogP contribution in [0.2, 0.25) is 0 Å². The zero-order chi connectivity index (χ0) is 38.4. The van der Waals surface area contributed by atoms with Crippen LogP contribution in [0, 0.1) is 0 Å². The molecule has 0 bridgehead atoms. The molecule has 7 aromatic carbocycles. The van der Waals surface area contributed by atoms with E-state index in [2.05, 4.69) is 188 Å². The summed E-state index contributed by atoms with van der Waals surface area (Å²) in [5, 5.41) is 4.34. The van der Waals surface area contributed by atoms with Crippen molar-refractivity contribution in [2.24, 2.45) is 0 Å². The summed E-state index contributed by atoms with van der Waals surface area (Å²) in [5.41, 5.74) is 16.3. The summed E-state index contributed by atoms with van der Waals surface area (Å²) >= 11 is 0. The fraction of sp³-hybridized carbons (Fsp3) is 0. The first kappa shape index (κ1) is 33.5. The Labute approximate surface area is 335 Å². The number of nitrogens with zero attached hydrogens (tertiary/aromatic N) is 4. The lowest BCUT2D eigenvalue weighted by atomic mass is 9.98. The van der Waals surface area contributed by atoms with Crippen molar-refractivity contribution in [2.45, 2.75) is 0 Å². The maximum atomic E-state index is 5.16. The van der Waals surface area contributed by atoms with Gasteiger partial charge in [-0.15, -0.1) is 0 Å². The maximum Gasteiger partial charge on any atom is 0.0972 e. The minimum Gasteiger partial charge on any atom is -0.248 e. The first-order valence-corrected chi connectivity index (χ1v) is 19.5. The van der Waals surface area contributed by atoms with Crippen molar-refractivity contribution in [1.82, 2.24) is 19.9 Å². The van der Waals surface area contributed by atoms with Crippen LogP contribution in [0.5, 0.6) is 0 Å². The van der Waals surface area contributed by atoms with Gasteiger partial charge in [-0.1, -0.05) is 164 Å². The molecule has 4 aromatic heterocycles. The van der Waals surface area contributed by atoms with Gasteiger partial charge in [0.05, 0.1) is 44.8 Å². The fourth-order valence-corrected chi connectivity index (χ4v) is 7.91. The molecule has 0 unspecified atom stereocenters. The van der Waals surface area contributed by atoms with Crippen LogP contribution < -0.4 is 0 Å². The Morgan fingerprint density at radius 1 is 0.207 bits per heavy atom. The van der Waals surface area contributed by atoms with Gasteiger partial charge < -0.3 is 0 Å². The highest BCUT2D eigenvalue weighted by atomic mass is 14.8. The third-order valence-electron chi connectivity index (χ3n) is 11.0. The minimum atomic E-state index is 0.902. The van der Waals surface area contributed by atoms with E-state index in [1.807, 2.05) is 18.2 Å². The minimum absolute atomic E-state index is 0.902. The molecule has 0 saturated heterocycles. The molecule has 11 aromatic rings. The summed E-state index contributed by atoms with van der Waals surface area (Å²) < 4.78 is 0. The van der Waals surface area contributed by atoms with Crippen molar-refractivity contribution in [3.8, 4) is 67.3 Å². The van der Waals surface area contributed by atoms with E-state index < -0.39 is 0 Å². The van der Waals surface area contributed by atoms with E-state index in [9.17, 15) is 0 Å². The molecule has 4 nitrogen and oxygen atoms in total. The number of hydrogen-bond acceptors (Lipinski definition) is 4. The van der Waals surface area contributed by atoms with Crippen molar-refractivity contribution >= 4 is 43.6 Å². The van der Waals surface area contributed by atoms with E-state index in [0.717, 1.165) is 94.2 Å². The maximum absolute atomic E-state index is 5.16.